The third-order valence-corrected chi connectivity index (χ3v) is 3.12. The molecule has 0 aromatic carbocycles. The largest absolute Gasteiger partial charge is 0.385 e. The Hall–Kier alpha value is -0.170. The van der Waals surface area contributed by atoms with E-state index in [1.165, 1.54) is 0 Å². The Morgan fingerprint density at radius 3 is 2.76 bits per heavy atom. The minimum absolute atomic E-state index is 0.0475. The van der Waals surface area contributed by atoms with Gasteiger partial charge in [0.2, 0.25) is 0 Å². The molecule has 96 valence electrons. The fourth-order valence-electron chi connectivity index (χ4n) is 1.30. The van der Waals surface area contributed by atoms with Crippen molar-refractivity contribution in [2.45, 2.75) is 13.0 Å². The second-order valence-corrected chi connectivity index (χ2v) is 5.23. The molecule has 0 saturated carbocycles. The predicted octanol–water partition coefficient (Wildman–Crippen LogP) is 2.43. The minimum atomic E-state index is -0.0475. The zero-order chi connectivity index (χ0) is 12.7. The number of pyridine rings is 1. The van der Waals surface area contributed by atoms with Crippen LogP contribution in [0.3, 0.4) is 0 Å². The normalized spacial score (nSPS) is 10.8. The Kier molecular flexibility index (Phi) is 7.03. The minimum Gasteiger partial charge on any atom is -0.385 e. The molecular weight excluding hydrogens is 354 g/mol. The maximum Gasteiger partial charge on any atom is 0.264 e. The van der Waals surface area contributed by atoms with Crippen LogP contribution in [0.1, 0.15) is 6.42 Å². The van der Waals surface area contributed by atoms with Gasteiger partial charge >= 0.3 is 0 Å². The average molecular weight is 369 g/mol. The zero-order valence-corrected chi connectivity index (χ0v) is 12.8. The summed E-state index contributed by atoms with van der Waals surface area (Å²) in [6, 6.07) is 1.73. The quantitative estimate of drug-likeness (QED) is 0.694. The molecule has 6 heteroatoms. The Morgan fingerprint density at radius 2 is 2.06 bits per heavy atom. The summed E-state index contributed by atoms with van der Waals surface area (Å²) in [4.78, 5) is 11.7. The zero-order valence-electron chi connectivity index (χ0n) is 9.62. The fourth-order valence-corrected chi connectivity index (χ4v) is 2.56. The predicted molar refractivity (Wildman–Crippen MR) is 73.4 cm³/mol. The van der Waals surface area contributed by atoms with Crippen LogP contribution in [-0.4, -0.2) is 31.5 Å². The van der Waals surface area contributed by atoms with Gasteiger partial charge in [0, 0.05) is 37.5 Å². The van der Waals surface area contributed by atoms with Gasteiger partial charge < -0.3 is 14.0 Å². The van der Waals surface area contributed by atoms with E-state index in [-0.39, 0.29) is 5.56 Å². The first-order chi connectivity index (χ1) is 8.15. The number of hydrogen-bond acceptors (Lipinski definition) is 3. The molecule has 17 heavy (non-hydrogen) atoms. The third kappa shape index (κ3) is 5.33. The van der Waals surface area contributed by atoms with Gasteiger partial charge in [0.15, 0.2) is 0 Å². The molecule has 0 amide bonds. The SMILES string of the molecule is COCCCOCCn1cc(Br)cc(Br)c1=O. The van der Waals surface area contributed by atoms with Crippen LogP contribution in [0.2, 0.25) is 0 Å². The summed E-state index contributed by atoms with van der Waals surface area (Å²) in [6.07, 6.45) is 2.62. The van der Waals surface area contributed by atoms with E-state index < -0.39 is 0 Å². The highest BCUT2D eigenvalue weighted by molar-refractivity contribution is 9.11. The second-order valence-electron chi connectivity index (χ2n) is 3.46. The van der Waals surface area contributed by atoms with Gasteiger partial charge in [-0.25, -0.2) is 0 Å². The number of nitrogens with zero attached hydrogens (tertiary/aromatic N) is 1. The molecule has 0 aliphatic carbocycles. The molecule has 0 unspecified atom stereocenters. The van der Waals surface area contributed by atoms with Gasteiger partial charge in [-0.2, -0.15) is 0 Å². The van der Waals surface area contributed by atoms with E-state index in [9.17, 15) is 4.79 Å². The Balaban J connectivity index is 2.39. The van der Waals surface area contributed by atoms with E-state index in [1.54, 1.807) is 23.9 Å². The van der Waals surface area contributed by atoms with Crippen LogP contribution in [0.4, 0.5) is 0 Å². The van der Waals surface area contributed by atoms with Gasteiger partial charge in [0.1, 0.15) is 0 Å². The number of hydrogen-bond donors (Lipinski definition) is 0. The first kappa shape index (κ1) is 14.9. The van der Waals surface area contributed by atoms with Crippen LogP contribution >= 0.6 is 31.9 Å². The van der Waals surface area contributed by atoms with Gasteiger partial charge in [0.25, 0.3) is 5.56 Å². The van der Waals surface area contributed by atoms with Crippen LogP contribution in [0, 0.1) is 0 Å². The Labute approximate surface area is 117 Å². The summed E-state index contributed by atoms with van der Waals surface area (Å²) >= 11 is 6.56. The molecule has 0 radical (unpaired) electrons. The van der Waals surface area contributed by atoms with Crippen LogP contribution in [-0.2, 0) is 16.0 Å². The molecule has 4 nitrogen and oxygen atoms in total. The van der Waals surface area contributed by atoms with Gasteiger partial charge in [-0.15, -0.1) is 0 Å². The van der Waals surface area contributed by atoms with Crippen molar-refractivity contribution in [3.05, 3.63) is 31.6 Å². The standard InChI is InChI=1S/C11H15Br2NO3/c1-16-4-2-5-17-6-3-14-8-9(12)7-10(13)11(14)15/h7-8H,2-6H2,1H3. The van der Waals surface area contributed by atoms with E-state index in [2.05, 4.69) is 31.9 Å². The van der Waals surface area contributed by atoms with Crippen LogP contribution in [0.25, 0.3) is 0 Å². The molecule has 1 heterocycles. The molecule has 1 rings (SSSR count). The number of halogens is 2. The lowest BCUT2D eigenvalue weighted by molar-refractivity contribution is 0.0972. The van der Waals surface area contributed by atoms with Crippen molar-refractivity contribution in [3.63, 3.8) is 0 Å². The molecule has 1 aromatic rings. The lowest BCUT2D eigenvalue weighted by atomic mass is 10.4. The van der Waals surface area contributed by atoms with Crippen molar-refractivity contribution in [2.75, 3.05) is 26.9 Å². The Bertz CT molecular complexity index is 406. The maximum absolute atomic E-state index is 11.7. The summed E-state index contributed by atoms with van der Waals surface area (Å²) in [5.41, 5.74) is -0.0475. The molecule has 0 spiro atoms. The van der Waals surface area contributed by atoms with Gasteiger partial charge in [-0.05, 0) is 44.3 Å². The molecule has 0 aliphatic heterocycles. The molecule has 0 atom stereocenters. The lowest BCUT2D eigenvalue weighted by Crippen LogP contribution is -2.22. The van der Waals surface area contributed by atoms with Gasteiger partial charge in [-0.3, -0.25) is 4.79 Å². The monoisotopic (exact) mass is 367 g/mol. The van der Waals surface area contributed by atoms with Crippen molar-refractivity contribution in [1.82, 2.24) is 4.57 Å². The molecule has 0 aliphatic rings. The third-order valence-electron chi connectivity index (χ3n) is 2.12. The highest BCUT2D eigenvalue weighted by atomic mass is 79.9. The number of ether oxygens (including phenoxy) is 2. The highest BCUT2D eigenvalue weighted by Gasteiger charge is 2.02. The van der Waals surface area contributed by atoms with E-state index >= 15 is 0 Å². The van der Waals surface area contributed by atoms with Crippen LogP contribution in [0.5, 0.6) is 0 Å². The van der Waals surface area contributed by atoms with Crippen LogP contribution in [0.15, 0.2) is 26.0 Å². The number of rotatable bonds is 7. The first-order valence-corrected chi connectivity index (χ1v) is 6.86. The molecule has 1 aromatic heterocycles. The summed E-state index contributed by atoms with van der Waals surface area (Å²) in [6.45, 7) is 2.41. The molecular formula is C11H15Br2NO3. The van der Waals surface area contributed by atoms with Crippen molar-refractivity contribution in [3.8, 4) is 0 Å². The topological polar surface area (TPSA) is 40.5 Å². The lowest BCUT2D eigenvalue weighted by Gasteiger charge is -2.08. The van der Waals surface area contributed by atoms with E-state index in [1.807, 2.05) is 0 Å². The second kappa shape index (κ2) is 8.02. The summed E-state index contributed by atoms with van der Waals surface area (Å²) in [5.74, 6) is 0. The first-order valence-electron chi connectivity index (χ1n) is 5.27. The fraction of sp³-hybridized carbons (Fsp3) is 0.545. The van der Waals surface area contributed by atoms with Gasteiger partial charge in [0.05, 0.1) is 11.1 Å². The van der Waals surface area contributed by atoms with E-state index in [0.717, 1.165) is 10.9 Å². The molecule has 0 saturated heterocycles. The van der Waals surface area contributed by atoms with Crippen LogP contribution < -0.4 is 5.56 Å². The summed E-state index contributed by atoms with van der Waals surface area (Å²) in [5, 5.41) is 0. The maximum atomic E-state index is 11.7. The highest BCUT2D eigenvalue weighted by Crippen LogP contribution is 2.12. The van der Waals surface area contributed by atoms with Crippen molar-refractivity contribution < 1.29 is 9.47 Å². The van der Waals surface area contributed by atoms with Crippen molar-refractivity contribution >= 4 is 31.9 Å². The average Bonchev–Trinajstić information content (AvgIpc) is 2.29. The van der Waals surface area contributed by atoms with E-state index in [4.69, 9.17) is 9.47 Å². The molecule has 0 bridgehead atoms. The van der Waals surface area contributed by atoms with Crippen molar-refractivity contribution in [2.24, 2.45) is 0 Å². The molecule has 0 N–H and O–H groups in total. The van der Waals surface area contributed by atoms with Gasteiger partial charge in [-0.1, -0.05) is 0 Å². The molecule has 0 fully saturated rings. The number of methoxy groups -OCH3 is 1. The van der Waals surface area contributed by atoms with E-state index in [0.29, 0.717) is 30.8 Å². The summed E-state index contributed by atoms with van der Waals surface area (Å²) < 4.78 is 13.3. The van der Waals surface area contributed by atoms with Crippen molar-refractivity contribution in [1.29, 1.82) is 0 Å². The Morgan fingerprint density at radius 1 is 1.29 bits per heavy atom. The number of aromatic nitrogens is 1. The summed E-state index contributed by atoms with van der Waals surface area (Å²) in [7, 11) is 1.67. The smallest absolute Gasteiger partial charge is 0.264 e.